The lowest BCUT2D eigenvalue weighted by Crippen LogP contribution is -2.39. The number of hydrogen-bond donors (Lipinski definition) is 1. The van der Waals surface area contributed by atoms with Crippen LogP contribution in [0.3, 0.4) is 0 Å². The van der Waals surface area contributed by atoms with Gasteiger partial charge in [-0.1, -0.05) is 11.6 Å². The monoisotopic (exact) mass is 672 g/mol. The molecule has 6 heterocycles. The van der Waals surface area contributed by atoms with Crippen LogP contribution in [-0.2, 0) is 9.47 Å². The SMILES string of the molecule is C[C@H]1C[C@@H](O)CN1C(=O)OC(C)(C)C.C[C@H]1C[C@@H](Oc2cc3nccn3cn2)CN1C(=O)OC(C)(C)C.Clc1cc2nccn2cn1. The zero-order valence-electron chi connectivity index (χ0n) is 28.2. The van der Waals surface area contributed by atoms with Crippen molar-refractivity contribution in [1.29, 1.82) is 0 Å². The average molecular weight is 673 g/mol. The smallest absolute Gasteiger partial charge is 0.410 e. The molecule has 4 aromatic heterocycles. The number of aliphatic hydroxyl groups excluding tert-OH is 1. The van der Waals surface area contributed by atoms with Gasteiger partial charge in [0.2, 0.25) is 5.88 Å². The molecule has 6 rings (SSSR count). The highest BCUT2D eigenvalue weighted by molar-refractivity contribution is 6.29. The first kappa shape index (κ1) is 35.7. The van der Waals surface area contributed by atoms with Crippen LogP contribution in [0.2, 0.25) is 5.15 Å². The Morgan fingerprint density at radius 2 is 1.30 bits per heavy atom. The van der Waals surface area contributed by atoms with Crippen molar-refractivity contribution in [2.75, 3.05) is 13.1 Å². The van der Waals surface area contributed by atoms with Crippen LogP contribution in [0.25, 0.3) is 11.3 Å². The van der Waals surface area contributed by atoms with Crippen LogP contribution in [0.1, 0.15) is 68.2 Å². The van der Waals surface area contributed by atoms with Crippen LogP contribution < -0.4 is 4.74 Å². The highest BCUT2D eigenvalue weighted by Gasteiger charge is 2.36. The molecule has 0 spiro atoms. The van der Waals surface area contributed by atoms with Gasteiger partial charge in [-0.25, -0.2) is 29.5 Å². The van der Waals surface area contributed by atoms with Crippen LogP contribution in [-0.4, -0.2) is 104 Å². The van der Waals surface area contributed by atoms with Crippen molar-refractivity contribution in [3.63, 3.8) is 0 Å². The minimum absolute atomic E-state index is 0.0693. The maximum atomic E-state index is 12.2. The first-order valence-electron chi connectivity index (χ1n) is 15.5. The van der Waals surface area contributed by atoms with E-state index in [0.29, 0.717) is 30.5 Å². The molecule has 2 fully saturated rings. The number of hydrogen-bond acceptors (Lipinski definition) is 10. The van der Waals surface area contributed by atoms with E-state index in [1.807, 2.05) is 72.2 Å². The first-order chi connectivity index (χ1) is 22.0. The third-order valence-electron chi connectivity index (χ3n) is 7.15. The number of aromatic nitrogens is 6. The van der Waals surface area contributed by atoms with Crippen molar-refractivity contribution in [2.24, 2.45) is 0 Å². The number of ether oxygens (including phenoxy) is 3. The van der Waals surface area contributed by atoms with Gasteiger partial charge in [-0.3, -0.25) is 8.80 Å². The molecule has 14 nitrogen and oxygen atoms in total. The minimum Gasteiger partial charge on any atom is -0.472 e. The van der Waals surface area contributed by atoms with E-state index in [1.165, 1.54) is 0 Å². The van der Waals surface area contributed by atoms with Crippen molar-refractivity contribution in [1.82, 2.24) is 38.5 Å². The second-order valence-corrected chi connectivity index (χ2v) is 14.0. The predicted octanol–water partition coefficient (Wildman–Crippen LogP) is 5.27. The van der Waals surface area contributed by atoms with Crippen molar-refractivity contribution in [3.05, 3.63) is 54.7 Å². The zero-order chi connectivity index (χ0) is 34.5. The maximum Gasteiger partial charge on any atom is 0.410 e. The van der Waals surface area contributed by atoms with Gasteiger partial charge in [0.25, 0.3) is 0 Å². The maximum absolute atomic E-state index is 12.2. The number of carbonyl (C=O) groups is 2. The summed E-state index contributed by atoms with van der Waals surface area (Å²) in [5, 5.41) is 9.84. The Bertz CT molecular complexity index is 1650. The van der Waals surface area contributed by atoms with Gasteiger partial charge in [0.1, 0.15) is 46.4 Å². The molecule has 2 amide bonds. The lowest BCUT2D eigenvalue weighted by molar-refractivity contribution is 0.0211. The molecule has 2 aliphatic heterocycles. The van der Waals surface area contributed by atoms with Crippen LogP contribution in [0.15, 0.2) is 49.6 Å². The molecular formula is C32H45ClN8O6. The summed E-state index contributed by atoms with van der Waals surface area (Å²) in [7, 11) is 0. The number of imidazole rings is 2. The molecule has 0 saturated carbocycles. The van der Waals surface area contributed by atoms with Crippen molar-refractivity contribution in [3.8, 4) is 5.88 Å². The Labute approximate surface area is 279 Å². The van der Waals surface area contributed by atoms with Gasteiger partial charge in [-0.2, -0.15) is 0 Å². The number of aliphatic hydroxyl groups is 1. The molecule has 4 atom stereocenters. The lowest BCUT2D eigenvalue weighted by Gasteiger charge is -2.26. The number of halogens is 1. The number of β-amino-alcohol motifs (C(OH)–C–C–N with tert-alkyl or cyclic N) is 1. The summed E-state index contributed by atoms with van der Waals surface area (Å²) < 4.78 is 20.2. The molecule has 0 aromatic carbocycles. The number of amides is 2. The van der Waals surface area contributed by atoms with E-state index in [1.54, 1.807) is 51.4 Å². The van der Waals surface area contributed by atoms with Crippen molar-refractivity contribution < 1.29 is 28.9 Å². The van der Waals surface area contributed by atoms with E-state index in [2.05, 4.69) is 19.9 Å². The second kappa shape index (κ2) is 14.7. The number of likely N-dealkylation sites (tertiary alicyclic amines) is 2. The molecule has 2 saturated heterocycles. The third-order valence-corrected chi connectivity index (χ3v) is 7.35. The minimum atomic E-state index is -0.497. The van der Waals surface area contributed by atoms with E-state index in [4.69, 9.17) is 25.8 Å². The second-order valence-electron chi connectivity index (χ2n) is 13.7. The van der Waals surface area contributed by atoms with Crippen LogP contribution in [0, 0.1) is 0 Å². The van der Waals surface area contributed by atoms with Gasteiger partial charge in [-0.15, -0.1) is 0 Å². The molecule has 0 radical (unpaired) electrons. The van der Waals surface area contributed by atoms with E-state index in [0.717, 1.165) is 17.7 Å². The Hall–Kier alpha value is -4.17. The summed E-state index contributed by atoms with van der Waals surface area (Å²) in [6.45, 7) is 15.9. The molecular weight excluding hydrogens is 628 g/mol. The fraction of sp³-hybridized carbons (Fsp3) is 0.562. The Morgan fingerprint density at radius 1 is 0.787 bits per heavy atom. The highest BCUT2D eigenvalue weighted by Crippen LogP contribution is 2.24. The highest BCUT2D eigenvalue weighted by atomic mass is 35.5. The number of carbonyl (C=O) groups excluding carboxylic acids is 2. The molecule has 4 aromatic rings. The van der Waals surface area contributed by atoms with E-state index < -0.39 is 17.3 Å². The summed E-state index contributed by atoms with van der Waals surface area (Å²) >= 11 is 5.61. The normalized spacial score (nSPS) is 21.1. The van der Waals surface area contributed by atoms with Gasteiger partial charge >= 0.3 is 12.2 Å². The van der Waals surface area contributed by atoms with Crippen molar-refractivity contribution >= 4 is 35.1 Å². The van der Waals surface area contributed by atoms with E-state index >= 15 is 0 Å². The molecule has 0 bridgehead atoms. The summed E-state index contributed by atoms with van der Waals surface area (Å²) in [6.07, 6.45) is 10.6. The predicted molar refractivity (Wildman–Crippen MR) is 175 cm³/mol. The number of fused-ring (bicyclic) bond motifs is 2. The molecule has 1 N–H and O–H groups in total. The average Bonchev–Trinajstić information content (AvgIpc) is 3.74. The Balaban J connectivity index is 0.000000176. The van der Waals surface area contributed by atoms with E-state index in [-0.39, 0.29) is 30.4 Å². The van der Waals surface area contributed by atoms with Gasteiger partial charge in [0, 0.05) is 55.4 Å². The van der Waals surface area contributed by atoms with Crippen LogP contribution in [0.4, 0.5) is 9.59 Å². The summed E-state index contributed by atoms with van der Waals surface area (Å²) in [6, 6.07) is 3.65. The van der Waals surface area contributed by atoms with Gasteiger partial charge < -0.3 is 29.1 Å². The molecule has 0 aliphatic carbocycles. The molecule has 47 heavy (non-hydrogen) atoms. The lowest BCUT2D eigenvalue weighted by atomic mass is 10.2. The number of nitrogens with zero attached hydrogens (tertiary/aromatic N) is 8. The standard InChI is InChI=1S/C16H22N4O3.C10H19NO3.C6H4ClN3/c1-11-7-12(9-20(11)15(21)23-16(2,3)4)22-14-8-13-17-5-6-19(13)10-18-14;1-7-5-8(12)6-11(7)9(13)14-10(2,3)4;7-5-3-6-8-1-2-10(6)4-9-5/h5-6,8,10-12H,7,9H2,1-4H3;7-8,12H,5-6H2,1-4H3;1-4H/t11-,12+;7-,8+;/m00./s1. The molecule has 2 aliphatic rings. The molecule has 15 heteroatoms. The molecule has 256 valence electrons. The van der Waals surface area contributed by atoms with Gasteiger partial charge in [0.15, 0.2) is 0 Å². The summed E-state index contributed by atoms with van der Waals surface area (Å²) in [5.41, 5.74) is 0.637. The number of rotatable bonds is 2. The fourth-order valence-electron chi connectivity index (χ4n) is 5.05. The van der Waals surface area contributed by atoms with Gasteiger partial charge in [0.05, 0.1) is 19.2 Å². The quantitative estimate of drug-likeness (QED) is 0.279. The van der Waals surface area contributed by atoms with E-state index in [9.17, 15) is 14.7 Å². The largest absolute Gasteiger partial charge is 0.472 e. The first-order valence-corrected chi connectivity index (χ1v) is 15.9. The topological polar surface area (TPSA) is 149 Å². The van der Waals surface area contributed by atoms with Gasteiger partial charge in [-0.05, 0) is 61.8 Å². The van der Waals surface area contributed by atoms with Crippen LogP contribution >= 0.6 is 11.6 Å². The molecule has 0 unspecified atom stereocenters. The zero-order valence-corrected chi connectivity index (χ0v) is 29.0. The Morgan fingerprint density at radius 3 is 1.83 bits per heavy atom. The fourth-order valence-corrected chi connectivity index (χ4v) is 5.19. The van der Waals surface area contributed by atoms with Crippen molar-refractivity contribution in [2.45, 2.75) is 104 Å². The van der Waals surface area contributed by atoms with Crippen LogP contribution in [0.5, 0.6) is 5.88 Å². The third kappa shape index (κ3) is 10.4. The summed E-state index contributed by atoms with van der Waals surface area (Å²) in [4.78, 5) is 43.5. The Kier molecular flexibility index (Phi) is 11.2. The summed E-state index contributed by atoms with van der Waals surface area (Å²) in [5.74, 6) is 0.520.